The van der Waals surface area contributed by atoms with Crippen molar-refractivity contribution in [3.05, 3.63) is 60.6 Å². The van der Waals surface area contributed by atoms with E-state index in [1.165, 1.54) is 23.1 Å². The second-order valence-electron chi connectivity index (χ2n) is 7.89. The second kappa shape index (κ2) is 11.7. The molecule has 180 valence electrons. The smallest absolute Gasteiger partial charge is 0.310 e. The van der Waals surface area contributed by atoms with Crippen LogP contribution in [0.25, 0.3) is 0 Å². The van der Waals surface area contributed by atoms with E-state index in [9.17, 15) is 14.0 Å². The van der Waals surface area contributed by atoms with E-state index in [0.29, 0.717) is 24.7 Å². The van der Waals surface area contributed by atoms with E-state index in [1.54, 1.807) is 25.1 Å². The van der Waals surface area contributed by atoms with Gasteiger partial charge in [0.05, 0.1) is 24.3 Å². The normalized spacial score (nSPS) is 11.5. The van der Waals surface area contributed by atoms with Gasteiger partial charge in [-0.3, -0.25) is 14.3 Å². The van der Waals surface area contributed by atoms with E-state index >= 15 is 0 Å². The maximum atomic E-state index is 13.0. The summed E-state index contributed by atoms with van der Waals surface area (Å²) in [6, 6.07) is 9.23. The van der Waals surface area contributed by atoms with Gasteiger partial charge in [-0.25, -0.2) is 4.98 Å². The van der Waals surface area contributed by atoms with Gasteiger partial charge in [-0.05, 0) is 25.1 Å². The number of nitrogens with one attached hydrogen (secondary N) is 2. The summed E-state index contributed by atoms with van der Waals surface area (Å²) < 4.78 is 20.2. The van der Waals surface area contributed by atoms with Crippen LogP contribution in [0, 0.1) is 18.9 Å². The van der Waals surface area contributed by atoms with E-state index in [0.717, 1.165) is 11.3 Å². The highest BCUT2D eigenvalue weighted by Crippen LogP contribution is 2.12. The van der Waals surface area contributed by atoms with Crippen molar-refractivity contribution in [2.45, 2.75) is 20.4 Å². The molecule has 3 aromatic rings. The second-order valence-corrected chi connectivity index (χ2v) is 7.89. The Balaban J connectivity index is 1.40. The molecule has 0 radical (unpaired) electrons. The average Bonchev–Trinajstić information content (AvgIpc) is 3.25. The van der Waals surface area contributed by atoms with Gasteiger partial charge in [-0.2, -0.15) is 14.5 Å². The fourth-order valence-corrected chi connectivity index (χ4v) is 2.88. The maximum absolute atomic E-state index is 13.0. The molecule has 0 saturated carbocycles. The van der Waals surface area contributed by atoms with Crippen molar-refractivity contribution in [2.24, 2.45) is 5.92 Å². The average molecular weight is 470 g/mol. The van der Waals surface area contributed by atoms with Crippen LogP contribution < -0.4 is 15.4 Å². The molecule has 1 atom stereocenters. The number of aromatic nitrogens is 4. The Morgan fingerprint density at radius 2 is 2.00 bits per heavy atom. The van der Waals surface area contributed by atoms with Gasteiger partial charge < -0.3 is 20.3 Å². The van der Waals surface area contributed by atoms with Gasteiger partial charge in [0.25, 0.3) is 0 Å². The van der Waals surface area contributed by atoms with Crippen LogP contribution in [-0.4, -0.2) is 63.2 Å². The summed E-state index contributed by atoms with van der Waals surface area (Å²) in [5, 5.41) is 9.79. The van der Waals surface area contributed by atoms with Crippen LogP contribution in [0.5, 0.6) is 5.75 Å². The summed E-state index contributed by atoms with van der Waals surface area (Å²) in [5.74, 6) is 0.239. The number of halogens is 1. The number of nitrogens with zero attached hydrogens (tertiary/aromatic N) is 5. The van der Waals surface area contributed by atoms with Crippen molar-refractivity contribution in [3.8, 4) is 5.75 Å². The van der Waals surface area contributed by atoms with Gasteiger partial charge in [-0.15, -0.1) is 0 Å². The first-order valence-electron chi connectivity index (χ1n) is 10.8. The Kier molecular flexibility index (Phi) is 8.49. The molecule has 2 aromatic heterocycles. The lowest BCUT2D eigenvalue weighted by Crippen LogP contribution is -2.33. The zero-order valence-electron chi connectivity index (χ0n) is 19.4. The molecule has 3 rings (SSSR count). The summed E-state index contributed by atoms with van der Waals surface area (Å²) >= 11 is 0. The molecule has 2 N–H and O–H groups in total. The monoisotopic (exact) mass is 469 g/mol. The summed E-state index contributed by atoms with van der Waals surface area (Å²) in [6.45, 7) is 4.82. The van der Waals surface area contributed by atoms with Gasteiger partial charge in [0.15, 0.2) is 0 Å². The molecule has 0 fully saturated rings. The summed E-state index contributed by atoms with van der Waals surface area (Å²) in [7, 11) is 1.70. The largest absolute Gasteiger partial charge is 0.492 e. The molecule has 0 aliphatic rings. The van der Waals surface area contributed by atoms with E-state index < -0.39 is 12.0 Å². The van der Waals surface area contributed by atoms with Crippen molar-refractivity contribution < 1.29 is 18.7 Å². The molecular weight excluding hydrogens is 441 g/mol. The Morgan fingerprint density at radius 3 is 2.74 bits per heavy atom. The first-order valence-corrected chi connectivity index (χ1v) is 10.8. The molecule has 1 aromatic carbocycles. The van der Waals surface area contributed by atoms with Crippen LogP contribution >= 0.6 is 0 Å². The molecule has 2 amide bonds. The molecule has 11 heteroatoms. The van der Waals surface area contributed by atoms with Crippen LogP contribution in [0.4, 0.5) is 15.9 Å². The summed E-state index contributed by atoms with van der Waals surface area (Å²) in [5.41, 5.74) is 1.63. The molecule has 10 nitrogen and oxygen atoms in total. The number of carbonyl (C=O) groups excluding carboxylic acids is 2. The fraction of sp³-hybridized carbons (Fsp3) is 0.348. The van der Waals surface area contributed by atoms with Crippen molar-refractivity contribution >= 4 is 23.3 Å². The number of amides is 2. The number of hydrogen-bond donors (Lipinski definition) is 2. The SMILES string of the molecule is Cc1ccc(OCCN(C)C(=O)Cn2cc(NC(=O)[C@@H](C)CNc3ccnc(F)n3)cn2)cc1. The third-order valence-electron chi connectivity index (χ3n) is 5.00. The number of rotatable bonds is 11. The lowest BCUT2D eigenvalue weighted by molar-refractivity contribution is -0.131. The predicted octanol–water partition coefficient (Wildman–Crippen LogP) is 2.34. The molecule has 0 unspecified atom stereocenters. The molecule has 0 aliphatic carbocycles. The minimum atomic E-state index is -0.839. The van der Waals surface area contributed by atoms with Crippen molar-refractivity contribution in [2.75, 3.05) is 37.4 Å². The van der Waals surface area contributed by atoms with Gasteiger partial charge in [-0.1, -0.05) is 24.6 Å². The molecule has 0 spiro atoms. The van der Waals surface area contributed by atoms with E-state index in [-0.39, 0.29) is 24.9 Å². The number of likely N-dealkylation sites (N-methyl/N-ethyl adjacent to an activating group) is 1. The van der Waals surface area contributed by atoms with E-state index in [2.05, 4.69) is 25.7 Å². The highest BCUT2D eigenvalue weighted by molar-refractivity contribution is 5.92. The fourth-order valence-electron chi connectivity index (χ4n) is 2.88. The molecular formula is C23H28FN7O3. The van der Waals surface area contributed by atoms with Crippen molar-refractivity contribution in [1.29, 1.82) is 0 Å². The minimum absolute atomic E-state index is 0.0350. The third-order valence-corrected chi connectivity index (χ3v) is 5.00. The summed E-state index contributed by atoms with van der Waals surface area (Å²) in [6.07, 6.45) is 3.52. The maximum Gasteiger partial charge on any atom is 0.310 e. The number of benzene rings is 1. The molecule has 0 bridgehead atoms. The number of hydrogen-bond acceptors (Lipinski definition) is 7. The Labute approximate surface area is 197 Å². The number of ether oxygens (including phenoxy) is 1. The highest BCUT2D eigenvalue weighted by atomic mass is 19.1. The highest BCUT2D eigenvalue weighted by Gasteiger charge is 2.15. The quantitative estimate of drug-likeness (QED) is 0.414. The Morgan fingerprint density at radius 1 is 1.24 bits per heavy atom. The number of aryl methyl sites for hydroxylation is 1. The van der Waals surface area contributed by atoms with Crippen LogP contribution in [0.2, 0.25) is 0 Å². The molecule has 0 saturated heterocycles. The van der Waals surface area contributed by atoms with Crippen molar-refractivity contribution in [3.63, 3.8) is 0 Å². The summed E-state index contributed by atoms with van der Waals surface area (Å²) in [4.78, 5) is 33.4. The zero-order chi connectivity index (χ0) is 24.5. The first kappa shape index (κ1) is 24.6. The van der Waals surface area contributed by atoms with Crippen LogP contribution in [0.1, 0.15) is 12.5 Å². The molecule has 34 heavy (non-hydrogen) atoms. The van der Waals surface area contributed by atoms with Gasteiger partial charge in [0, 0.05) is 26.0 Å². The molecule has 2 heterocycles. The first-order chi connectivity index (χ1) is 16.3. The predicted molar refractivity (Wildman–Crippen MR) is 125 cm³/mol. The Hall–Kier alpha value is -4.02. The lowest BCUT2D eigenvalue weighted by Gasteiger charge is -2.17. The number of carbonyl (C=O) groups is 2. The number of anilines is 2. The van der Waals surface area contributed by atoms with E-state index in [1.807, 2.05) is 31.2 Å². The molecule has 0 aliphatic heterocycles. The van der Waals surface area contributed by atoms with E-state index in [4.69, 9.17) is 4.74 Å². The van der Waals surface area contributed by atoms with Crippen LogP contribution in [-0.2, 0) is 16.1 Å². The Bertz CT molecular complexity index is 1100. The lowest BCUT2D eigenvalue weighted by atomic mass is 10.1. The van der Waals surface area contributed by atoms with Crippen LogP contribution in [0.15, 0.2) is 48.9 Å². The van der Waals surface area contributed by atoms with Crippen LogP contribution in [0.3, 0.4) is 0 Å². The van der Waals surface area contributed by atoms with Crippen molar-refractivity contribution in [1.82, 2.24) is 24.6 Å². The van der Waals surface area contributed by atoms with Gasteiger partial charge >= 0.3 is 6.08 Å². The topological polar surface area (TPSA) is 114 Å². The zero-order valence-corrected chi connectivity index (χ0v) is 19.4. The van der Waals surface area contributed by atoms with Gasteiger partial charge in [0.1, 0.15) is 24.7 Å². The van der Waals surface area contributed by atoms with Gasteiger partial charge in [0.2, 0.25) is 11.8 Å². The third kappa shape index (κ3) is 7.54. The minimum Gasteiger partial charge on any atom is -0.492 e. The standard InChI is InChI=1S/C23H28FN7O3/c1-16-4-6-19(7-5-16)34-11-10-30(3)21(32)15-31-14-18(13-27-31)28-22(33)17(2)12-26-20-8-9-25-23(24)29-20/h4-9,13-14,17H,10-12,15H2,1-3H3,(H,28,33)(H,25,26,29)/t17-/m0/s1.